The molecule has 3 nitrogen and oxygen atoms in total. The van der Waals surface area contributed by atoms with Gasteiger partial charge >= 0.3 is 0 Å². The van der Waals surface area contributed by atoms with Crippen LogP contribution in [-0.2, 0) is 11.3 Å². The minimum Gasteiger partial charge on any atom is -0.286 e. The molecule has 0 unspecified atom stereocenters. The van der Waals surface area contributed by atoms with Crippen molar-refractivity contribution in [1.29, 1.82) is 0 Å². The fraction of sp³-hybridized carbons (Fsp3) is 0.462. The minimum atomic E-state index is -0.741. The maximum absolute atomic E-state index is 11.9. The van der Waals surface area contributed by atoms with E-state index in [0.29, 0.717) is 0 Å². The van der Waals surface area contributed by atoms with E-state index in [1.165, 1.54) is 4.88 Å². The first-order valence-corrected chi connectivity index (χ1v) is 6.30. The van der Waals surface area contributed by atoms with Gasteiger partial charge in [-0.3, -0.25) is 10.0 Å². The topological polar surface area (TPSA) is 40.5 Å². The predicted octanol–water partition coefficient (Wildman–Crippen LogP) is 3.29. The Balaban J connectivity index is 2.79. The molecule has 94 valence electrons. The van der Waals surface area contributed by atoms with Gasteiger partial charge in [0.25, 0.3) is 5.91 Å². The van der Waals surface area contributed by atoms with E-state index in [0.717, 1.165) is 15.5 Å². The molecule has 0 aliphatic rings. The largest absolute Gasteiger partial charge is 0.286 e. The number of aryl methyl sites for hydroxylation is 2. The van der Waals surface area contributed by atoms with Crippen LogP contribution >= 0.6 is 11.3 Å². The highest BCUT2D eigenvalue weighted by Crippen LogP contribution is 2.25. The fourth-order valence-electron chi connectivity index (χ4n) is 1.47. The first-order valence-electron chi connectivity index (χ1n) is 5.48. The Bertz CT molecular complexity index is 435. The molecule has 17 heavy (non-hydrogen) atoms. The van der Waals surface area contributed by atoms with Gasteiger partial charge < -0.3 is 0 Å². The zero-order chi connectivity index (χ0) is 13.2. The third kappa shape index (κ3) is 3.17. The lowest BCUT2D eigenvalue weighted by atomic mass is 9.92. The van der Waals surface area contributed by atoms with E-state index in [2.05, 4.69) is 12.6 Å². The average Bonchev–Trinajstić information content (AvgIpc) is 2.56. The Morgan fingerprint density at radius 1 is 1.59 bits per heavy atom. The normalized spacial score (nSPS) is 11.4. The fourth-order valence-corrected chi connectivity index (χ4v) is 2.51. The van der Waals surface area contributed by atoms with Crippen LogP contribution in [-0.4, -0.2) is 16.2 Å². The molecule has 4 heteroatoms. The Labute approximate surface area is 106 Å². The molecule has 1 amide bonds. The Morgan fingerprint density at radius 3 is 2.59 bits per heavy atom. The average molecular weight is 253 g/mol. The predicted molar refractivity (Wildman–Crippen MR) is 70.1 cm³/mol. The number of hydroxylamine groups is 2. The van der Waals surface area contributed by atoms with Crippen LogP contribution in [0.2, 0.25) is 0 Å². The van der Waals surface area contributed by atoms with Crippen molar-refractivity contribution < 1.29 is 10.0 Å². The van der Waals surface area contributed by atoms with Gasteiger partial charge in [-0.15, -0.1) is 17.9 Å². The van der Waals surface area contributed by atoms with Gasteiger partial charge in [-0.05, 0) is 39.3 Å². The van der Waals surface area contributed by atoms with Crippen molar-refractivity contribution in [1.82, 2.24) is 5.06 Å². The summed E-state index contributed by atoms with van der Waals surface area (Å²) in [4.78, 5) is 14.1. The summed E-state index contributed by atoms with van der Waals surface area (Å²) in [6, 6.07) is 2.05. The van der Waals surface area contributed by atoms with Crippen LogP contribution < -0.4 is 0 Å². The SMILES string of the molecule is C=CC(C)(C)C(=O)N(O)Cc1sc(C)cc1C. The second kappa shape index (κ2) is 5.02. The second-order valence-electron chi connectivity index (χ2n) is 4.75. The maximum atomic E-state index is 11.9. The van der Waals surface area contributed by atoms with E-state index < -0.39 is 5.41 Å². The molecule has 0 atom stereocenters. The summed E-state index contributed by atoms with van der Waals surface area (Å²) >= 11 is 1.60. The first-order chi connectivity index (χ1) is 7.77. The van der Waals surface area contributed by atoms with Gasteiger partial charge in [0.05, 0.1) is 12.0 Å². The van der Waals surface area contributed by atoms with Crippen LogP contribution in [0.4, 0.5) is 0 Å². The summed E-state index contributed by atoms with van der Waals surface area (Å²) in [6.45, 7) is 11.3. The lowest BCUT2D eigenvalue weighted by molar-refractivity contribution is -0.175. The van der Waals surface area contributed by atoms with Gasteiger partial charge in [-0.1, -0.05) is 6.08 Å². The molecule has 1 aromatic heterocycles. The highest BCUT2D eigenvalue weighted by atomic mass is 32.1. The monoisotopic (exact) mass is 253 g/mol. The molecule has 0 bridgehead atoms. The molecule has 1 N–H and O–H groups in total. The van der Waals surface area contributed by atoms with Crippen molar-refractivity contribution in [3.63, 3.8) is 0 Å². The molecule has 0 aliphatic carbocycles. The number of thiophene rings is 1. The molecule has 1 heterocycles. The van der Waals surface area contributed by atoms with Crippen LogP contribution in [0.1, 0.15) is 29.2 Å². The van der Waals surface area contributed by atoms with Crippen molar-refractivity contribution in [2.75, 3.05) is 0 Å². The standard InChI is InChI=1S/C13H19NO2S/c1-6-13(4,5)12(15)14(16)8-11-9(2)7-10(3)17-11/h6-7,16H,1,8H2,2-5H3. The molecule has 0 aliphatic heterocycles. The van der Waals surface area contributed by atoms with Gasteiger partial charge in [0.2, 0.25) is 0 Å². The van der Waals surface area contributed by atoms with Gasteiger partial charge in [-0.2, -0.15) is 0 Å². The molecule has 1 aromatic rings. The molecule has 0 saturated heterocycles. The van der Waals surface area contributed by atoms with Crippen molar-refractivity contribution in [2.45, 2.75) is 34.2 Å². The van der Waals surface area contributed by atoms with Crippen LogP contribution in [0.3, 0.4) is 0 Å². The summed E-state index contributed by atoms with van der Waals surface area (Å²) < 4.78 is 0. The molecule has 0 fully saturated rings. The van der Waals surface area contributed by atoms with E-state index in [4.69, 9.17) is 0 Å². The first kappa shape index (κ1) is 13.9. The Hall–Kier alpha value is -1.13. The highest BCUT2D eigenvalue weighted by molar-refractivity contribution is 7.12. The van der Waals surface area contributed by atoms with Crippen molar-refractivity contribution >= 4 is 17.2 Å². The third-order valence-electron chi connectivity index (χ3n) is 2.73. The highest BCUT2D eigenvalue weighted by Gasteiger charge is 2.28. The summed E-state index contributed by atoms with van der Waals surface area (Å²) in [5, 5.41) is 10.6. The van der Waals surface area contributed by atoms with Crippen LogP contribution in [0.15, 0.2) is 18.7 Å². The third-order valence-corrected chi connectivity index (χ3v) is 3.87. The van der Waals surface area contributed by atoms with E-state index >= 15 is 0 Å². The number of rotatable bonds is 4. The van der Waals surface area contributed by atoms with Crippen LogP contribution in [0.25, 0.3) is 0 Å². The number of carbonyl (C=O) groups is 1. The number of carbonyl (C=O) groups excluding carboxylic acids is 1. The number of hydrogen-bond donors (Lipinski definition) is 1. The molecule has 1 rings (SSSR count). The summed E-state index contributed by atoms with van der Waals surface area (Å²) in [5.74, 6) is -0.335. The number of nitrogens with zero attached hydrogens (tertiary/aromatic N) is 1. The maximum Gasteiger partial charge on any atom is 0.255 e. The molecular weight excluding hydrogens is 234 g/mol. The Morgan fingerprint density at radius 2 is 2.18 bits per heavy atom. The van der Waals surface area contributed by atoms with Crippen molar-refractivity contribution in [3.8, 4) is 0 Å². The van der Waals surface area contributed by atoms with Gasteiger partial charge in [0.1, 0.15) is 0 Å². The molecule has 0 saturated carbocycles. The molecular formula is C13H19NO2S. The smallest absolute Gasteiger partial charge is 0.255 e. The van der Waals surface area contributed by atoms with Crippen LogP contribution in [0.5, 0.6) is 0 Å². The van der Waals surface area contributed by atoms with E-state index in [-0.39, 0.29) is 12.5 Å². The number of amides is 1. The summed E-state index contributed by atoms with van der Waals surface area (Å²) in [5.41, 5.74) is 0.366. The zero-order valence-corrected chi connectivity index (χ0v) is 11.6. The Kier molecular flexibility index (Phi) is 4.11. The lowest BCUT2D eigenvalue weighted by Gasteiger charge is -2.24. The summed E-state index contributed by atoms with van der Waals surface area (Å²) in [6.07, 6.45) is 1.55. The minimum absolute atomic E-state index is 0.237. The second-order valence-corrected chi connectivity index (χ2v) is 6.09. The van der Waals surface area contributed by atoms with Crippen molar-refractivity contribution in [2.24, 2.45) is 5.41 Å². The van der Waals surface area contributed by atoms with Gasteiger partial charge in [-0.25, -0.2) is 5.06 Å². The van der Waals surface area contributed by atoms with Crippen LogP contribution in [0, 0.1) is 19.3 Å². The molecule has 0 aromatic carbocycles. The quantitative estimate of drug-likeness (QED) is 0.508. The molecule has 0 spiro atoms. The zero-order valence-electron chi connectivity index (χ0n) is 10.8. The van der Waals surface area contributed by atoms with E-state index in [1.807, 2.05) is 13.8 Å². The van der Waals surface area contributed by atoms with Crippen molar-refractivity contribution in [3.05, 3.63) is 34.0 Å². The van der Waals surface area contributed by atoms with Gasteiger partial charge in [0, 0.05) is 9.75 Å². The lowest BCUT2D eigenvalue weighted by Crippen LogP contribution is -2.37. The molecule has 0 radical (unpaired) electrons. The van der Waals surface area contributed by atoms with E-state index in [9.17, 15) is 10.0 Å². The van der Waals surface area contributed by atoms with E-state index in [1.54, 1.807) is 31.3 Å². The van der Waals surface area contributed by atoms with Gasteiger partial charge in [0.15, 0.2) is 0 Å². The number of hydrogen-bond acceptors (Lipinski definition) is 3. The summed E-state index contributed by atoms with van der Waals surface area (Å²) in [7, 11) is 0.